The van der Waals surface area contributed by atoms with Crippen molar-refractivity contribution in [2.45, 2.75) is 76.0 Å². The summed E-state index contributed by atoms with van der Waals surface area (Å²) >= 11 is 0. The van der Waals surface area contributed by atoms with Crippen LogP contribution in [0.4, 0.5) is 0 Å². The molecule has 1 atom stereocenters. The summed E-state index contributed by atoms with van der Waals surface area (Å²) < 4.78 is 20.3. The molecule has 1 N–H and O–H groups in total. The van der Waals surface area contributed by atoms with Gasteiger partial charge in [-0.15, -0.1) is 0 Å². The first-order valence-corrected chi connectivity index (χ1v) is 20.8. The van der Waals surface area contributed by atoms with Crippen LogP contribution in [-0.4, -0.2) is 98.9 Å². The third kappa shape index (κ3) is 6.39. The van der Waals surface area contributed by atoms with Crippen LogP contribution in [0.15, 0.2) is 73.2 Å². The molecule has 14 heteroatoms. The summed E-state index contributed by atoms with van der Waals surface area (Å²) in [6.45, 7) is 1.65. The molecule has 3 aromatic heterocycles. The van der Waals surface area contributed by atoms with Gasteiger partial charge >= 0.3 is 0 Å². The quantitative estimate of drug-likeness (QED) is 0.110. The maximum Gasteiger partial charge on any atom is 0.262 e. The van der Waals surface area contributed by atoms with Gasteiger partial charge < -0.3 is 23.7 Å². The smallest absolute Gasteiger partial charge is 0.262 e. The Morgan fingerprint density at radius 2 is 1.67 bits per heavy atom. The minimum Gasteiger partial charge on any atom is -0.494 e. The molecule has 5 aromatic rings. The number of hydrogen-bond donors (Lipinski definition) is 1. The van der Waals surface area contributed by atoms with Crippen LogP contribution in [0.5, 0.6) is 11.6 Å². The van der Waals surface area contributed by atoms with Crippen molar-refractivity contribution >= 4 is 51.3 Å². The van der Waals surface area contributed by atoms with Crippen molar-refractivity contribution in [2.75, 3.05) is 26.9 Å². The molecule has 308 valence electrons. The third-order valence-corrected chi connectivity index (χ3v) is 13.5. The van der Waals surface area contributed by atoms with Crippen LogP contribution in [0.2, 0.25) is 0 Å². The molecule has 11 rings (SSSR count). The van der Waals surface area contributed by atoms with Gasteiger partial charge in [0.1, 0.15) is 17.9 Å². The molecule has 2 aliphatic heterocycles. The monoisotopic (exact) mass is 810 g/mol. The lowest BCUT2D eigenvalue weighted by Gasteiger charge is -2.70. The zero-order valence-electron chi connectivity index (χ0n) is 33.6. The molecule has 5 heterocycles. The van der Waals surface area contributed by atoms with E-state index in [0.717, 1.165) is 77.4 Å². The highest BCUT2D eigenvalue weighted by Gasteiger charge is 2.72. The zero-order chi connectivity index (χ0) is 41.3. The van der Waals surface area contributed by atoms with Gasteiger partial charge in [-0.3, -0.25) is 39.2 Å². The minimum atomic E-state index is -1.00. The van der Waals surface area contributed by atoms with Crippen molar-refractivity contribution in [3.8, 4) is 22.8 Å². The molecule has 14 nitrogen and oxygen atoms in total. The molecule has 0 spiro atoms. The van der Waals surface area contributed by atoms with Crippen LogP contribution < -0.4 is 14.8 Å². The van der Waals surface area contributed by atoms with Gasteiger partial charge in [-0.1, -0.05) is 12.1 Å². The van der Waals surface area contributed by atoms with E-state index in [2.05, 4.69) is 45.1 Å². The summed E-state index contributed by atoms with van der Waals surface area (Å²) in [5.41, 5.74) is 4.68. The number of fused-ring (bicyclic) bond motifs is 4. The van der Waals surface area contributed by atoms with Crippen molar-refractivity contribution in [2.24, 2.45) is 17.9 Å². The second-order valence-corrected chi connectivity index (χ2v) is 17.4. The summed E-state index contributed by atoms with van der Waals surface area (Å²) in [4.78, 5) is 75.2. The molecule has 2 bridgehead atoms. The Bertz CT molecular complexity index is 2580. The highest BCUT2D eigenvalue weighted by atomic mass is 16.5. The zero-order valence-corrected chi connectivity index (χ0v) is 33.6. The van der Waals surface area contributed by atoms with Crippen LogP contribution in [-0.2, 0) is 26.2 Å². The molecule has 2 aromatic carbocycles. The average Bonchev–Trinajstić information content (AvgIpc) is 3.63. The molecular formula is C46H46N6O8. The number of aryl methyl sites for hydroxylation is 1. The lowest BCUT2D eigenvalue weighted by molar-refractivity contribution is -0.235. The number of carbonyl (C=O) groups is 5. The Morgan fingerprint density at radius 3 is 2.45 bits per heavy atom. The second kappa shape index (κ2) is 14.5. The van der Waals surface area contributed by atoms with E-state index in [9.17, 15) is 24.0 Å². The Hall–Kier alpha value is -6.15. The highest BCUT2D eigenvalue weighted by Crippen LogP contribution is 2.74. The number of imide groups is 2. The Morgan fingerprint density at radius 1 is 0.883 bits per heavy atom. The van der Waals surface area contributed by atoms with Gasteiger partial charge in [-0.2, -0.15) is 0 Å². The first kappa shape index (κ1) is 38.1. The molecule has 4 aliphatic carbocycles. The van der Waals surface area contributed by atoms with E-state index in [-0.39, 0.29) is 52.9 Å². The molecule has 60 heavy (non-hydrogen) atoms. The van der Waals surface area contributed by atoms with Gasteiger partial charge in [0.15, 0.2) is 0 Å². The lowest BCUT2D eigenvalue weighted by Crippen LogP contribution is -2.70. The molecule has 5 fully saturated rings. The summed E-state index contributed by atoms with van der Waals surface area (Å²) in [7, 11) is 4.01. The predicted molar refractivity (Wildman–Crippen MR) is 219 cm³/mol. The molecule has 1 unspecified atom stereocenters. The number of ether oxygens (including phenoxy) is 3. The number of carbonyl (C=O) groups excluding carboxylic acids is 5. The number of aromatic nitrogens is 3. The number of nitrogens with one attached hydrogen (secondary N) is 1. The lowest BCUT2D eigenvalue weighted by atomic mass is 9.35. The molecule has 1 saturated heterocycles. The van der Waals surface area contributed by atoms with E-state index in [1.807, 2.05) is 48.7 Å². The highest BCUT2D eigenvalue weighted by molar-refractivity contribution is 6.23. The minimum absolute atomic E-state index is 0.0311. The van der Waals surface area contributed by atoms with Crippen molar-refractivity contribution in [3.63, 3.8) is 0 Å². The summed E-state index contributed by atoms with van der Waals surface area (Å²) in [6.07, 6.45) is 11.5. The number of unbranched alkanes of at least 4 members (excludes halogenated alkanes) is 1. The van der Waals surface area contributed by atoms with Crippen LogP contribution in [0.3, 0.4) is 0 Å². The molecule has 6 aliphatic rings. The van der Waals surface area contributed by atoms with Gasteiger partial charge in [0, 0.05) is 92.5 Å². The normalized spacial score (nSPS) is 25.4. The number of amides is 5. The first-order chi connectivity index (χ1) is 29.0. The molecular weight excluding hydrogens is 765 g/mol. The van der Waals surface area contributed by atoms with Gasteiger partial charge in [0.25, 0.3) is 11.8 Å². The van der Waals surface area contributed by atoms with Crippen molar-refractivity contribution in [3.05, 3.63) is 84.3 Å². The maximum atomic E-state index is 13.6. The maximum absolute atomic E-state index is 13.6. The standard InChI is InChI=1S/C46H46N6O8/c1-50(29-18-31(19-29)60-40-12-6-28(21-48-40)27-5-8-32-35-22-47-14-13-36(35)51(2)38(32)17-27)44(57)46-23-45(24-46,25-46)26-58-15-3-4-16-59-30-7-9-33-34(20-30)43(56)52(42(33)55)37-10-11-39(53)49-41(37)54/h5-9,12-14,17,20-22,29,31,37H,3-4,10-11,15-16,18-19,23-26H2,1-2H3,(H,49,53,54)/t29-,31-,37?,45?,46?. The van der Waals surface area contributed by atoms with Crippen molar-refractivity contribution < 1.29 is 38.2 Å². The van der Waals surface area contributed by atoms with Gasteiger partial charge in [0.05, 0.1) is 35.3 Å². The summed E-state index contributed by atoms with van der Waals surface area (Å²) in [6, 6.07) is 16.4. The van der Waals surface area contributed by atoms with Crippen molar-refractivity contribution in [1.29, 1.82) is 0 Å². The van der Waals surface area contributed by atoms with Crippen LogP contribution in [0, 0.1) is 10.8 Å². The molecule has 5 amide bonds. The SMILES string of the molecule is Cn1c2ccncc2c2ccc(-c3ccc(O[C@H]4C[C@H](N(C)C(=O)C56CC(COCCCCOc7ccc8c(c7)C(=O)N(C7CCC(=O)NC7=O)C8=O)(C5)C6)C4)nc3)cc21. The Labute approximate surface area is 346 Å². The second-order valence-electron chi connectivity index (χ2n) is 17.4. The number of hydrogen-bond acceptors (Lipinski definition) is 10. The number of benzene rings is 2. The average molecular weight is 811 g/mol. The first-order valence-electron chi connectivity index (χ1n) is 20.8. The topological polar surface area (TPSA) is 162 Å². The van der Waals surface area contributed by atoms with E-state index in [1.54, 1.807) is 12.1 Å². The van der Waals surface area contributed by atoms with Gasteiger partial charge in [-0.25, -0.2) is 4.98 Å². The van der Waals surface area contributed by atoms with E-state index in [0.29, 0.717) is 31.5 Å². The number of rotatable bonds is 14. The predicted octanol–water partition coefficient (Wildman–Crippen LogP) is 5.60. The number of nitrogens with zero attached hydrogens (tertiary/aromatic N) is 5. The molecule has 4 saturated carbocycles. The van der Waals surface area contributed by atoms with E-state index < -0.39 is 29.7 Å². The fourth-order valence-corrected chi connectivity index (χ4v) is 10.2. The molecule has 0 radical (unpaired) electrons. The van der Waals surface area contributed by atoms with Gasteiger partial charge in [0.2, 0.25) is 23.6 Å². The Kier molecular flexibility index (Phi) is 9.23. The largest absolute Gasteiger partial charge is 0.494 e. The van der Waals surface area contributed by atoms with Crippen LogP contribution in [0.1, 0.15) is 78.5 Å². The number of piperidine rings is 1. The van der Waals surface area contributed by atoms with Crippen molar-refractivity contribution in [1.82, 2.24) is 29.7 Å². The van der Waals surface area contributed by atoms with Crippen LogP contribution in [0.25, 0.3) is 32.9 Å². The van der Waals surface area contributed by atoms with E-state index in [1.165, 1.54) is 11.5 Å². The Balaban J connectivity index is 0.621. The fraction of sp³-hybridized carbons (Fsp3) is 0.413. The van der Waals surface area contributed by atoms with Gasteiger partial charge in [-0.05, 0) is 85.9 Å². The summed E-state index contributed by atoms with van der Waals surface area (Å²) in [5, 5.41) is 4.52. The van der Waals surface area contributed by atoms with E-state index in [4.69, 9.17) is 14.2 Å². The fourth-order valence-electron chi connectivity index (χ4n) is 10.2. The van der Waals surface area contributed by atoms with Crippen LogP contribution >= 0.6 is 0 Å². The number of pyridine rings is 2. The van der Waals surface area contributed by atoms with E-state index >= 15 is 0 Å². The summed E-state index contributed by atoms with van der Waals surface area (Å²) in [5.74, 6) is -0.846. The third-order valence-electron chi connectivity index (χ3n) is 13.5.